The molecule has 0 unspecified atom stereocenters. The van der Waals surface area contributed by atoms with E-state index in [-0.39, 0.29) is 12.6 Å². The van der Waals surface area contributed by atoms with Gasteiger partial charge in [0.25, 0.3) is 0 Å². The molecule has 0 bridgehead atoms. The molecule has 1 aromatic carbocycles. The summed E-state index contributed by atoms with van der Waals surface area (Å²) in [6.45, 7) is 2.12. The SMILES string of the molecule is CCOC(=O)COc1ccc(OC)cc1C1CCCCC1. The van der Waals surface area contributed by atoms with Crippen LogP contribution in [0.5, 0.6) is 11.5 Å². The third kappa shape index (κ3) is 4.38. The predicted octanol–water partition coefficient (Wildman–Crippen LogP) is 3.68. The highest BCUT2D eigenvalue weighted by Gasteiger charge is 2.20. The zero-order chi connectivity index (χ0) is 15.1. The Morgan fingerprint density at radius 3 is 2.67 bits per heavy atom. The van der Waals surface area contributed by atoms with Crippen LogP contribution in [0.3, 0.4) is 0 Å². The van der Waals surface area contributed by atoms with Gasteiger partial charge in [0.1, 0.15) is 11.5 Å². The minimum absolute atomic E-state index is 0.0418. The second kappa shape index (κ2) is 7.91. The third-order valence-electron chi connectivity index (χ3n) is 3.91. The Morgan fingerprint density at radius 1 is 1.24 bits per heavy atom. The van der Waals surface area contributed by atoms with Crippen molar-refractivity contribution in [3.8, 4) is 11.5 Å². The van der Waals surface area contributed by atoms with Crippen molar-refractivity contribution in [2.75, 3.05) is 20.3 Å². The van der Waals surface area contributed by atoms with Gasteiger partial charge in [-0.1, -0.05) is 19.3 Å². The van der Waals surface area contributed by atoms with Gasteiger partial charge in [-0.3, -0.25) is 0 Å². The molecule has 1 aliphatic rings. The highest BCUT2D eigenvalue weighted by atomic mass is 16.6. The summed E-state index contributed by atoms with van der Waals surface area (Å²) >= 11 is 0. The van der Waals surface area contributed by atoms with Gasteiger partial charge < -0.3 is 14.2 Å². The van der Waals surface area contributed by atoms with E-state index in [4.69, 9.17) is 14.2 Å². The van der Waals surface area contributed by atoms with E-state index in [0.29, 0.717) is 12.5 Å². The lowest BCUT2D eigenvalue weighted by Gasteiger charge is -2.24. The van der Waals surface area contributed by atoms with Crippen molar-refractivity contribution in [3.05, 3.63) is 23.8 Å². The van der Waals surface area contributed by atoms with Crippen LogP contribution in [0, 0.1) is 0 Å². The van der Waals surface area contributed by atoms with E-state index in [1.54, 1.807) is 14.0 Å². The van der Waals surface area contributed by atoms with E-state index in [2.05, 4.69) is 0 Å². The summed E-state index contributed by atoms with van der Waals surface area (Å²) in [7, 11) is 1.67. The summed E-state index contributed by atoms with van der Waals surface area (Å²) in [4.78, 5) is 11.5. The average molecular weight is 292 g/mol. The molecule has 21 heavy (non-hydrogen) atoms. The van der Waals surface area contributed by atoms with Gasteiger partial charge in [-0.25, -0.2) is 4.79 Å². The van der Waals surface area contributed by atoms with Gasteiger partial charge in [-0.2, -0.15) is 0 Å². The number of methoxy groups -OCH3 is 1. The lowest BCUT2D eigenvalue weighted by molar-refractivity contribution is -0.145. The Bertz CT molecular complexity index is 464. The number of ether oxygens (including phenoxy) is 3. The molecule has 1 aliphatic carbocycles. The normalized spacial score (nSPS) is 15.5. The molecular weight excluding hydrogens is 268 g/mol. The van der Waals surface area contributed by atoms with Crippen LogP contribution in [0.1, 0.15) is 50.5 Å². The number of carbonyl (C=O) groups is 1. The van der Waals surface area contributed by atoms with Crippen LogP contribution in [-0.4, -0.2) is 26.3 Å². The molecule has 0 aromatic heterocycles. The van der Waals surface area contributed by atoms with Crippen LogP contribution in [0.25, 0.3) is 0 Å². The minimum atomic E-state index is -0.331. The van der Waals surface area contributed by atoms with E-state index in [9.17, 15) is 4.79 Å². The van der Waals surface area contributed by atoms with Crippen LogP contribution >= 0.6 is 0 Å². The summed E-state index contributed by atoms with van der Waals surface area (Å²) in [5, 5.41) is 0. The Hall–Kier alpha value is -1.71. The molecule has 2 rings (SSSR count). The molecule has 4 heteroatoms. The molecule has 4 nitrogen and oxygen atoms in total. The number of hydrogen-bond donors (Lipinski definition) is 0. The summed E-state index contributed by atoms with van der Waals surface area (Å²) in [6.07, 6.45) is 6.14. The number of rotatable bonds is 6. The van der Waals surface area contributed by atoms with Gasteiger partial charge in [0.15, 0.2) is 6.61 Å². The van der Waals surface area contributed by atoms with E-state index in [0.717, 1.165) is 17.1 Å². The van der Waals surface area contributed by atoms with Crippen molar-refractivity contribution >= 4 is 5.97 Å². The van der Waals surface area contributed by atoms with E-state index < -0.39 is 0 Å². The van der Waals surface area contributed by atoms with Crippen LogP contribution in [0.4, 0.5) is 0 Å². The van der Waals surface area contributed by atoms with Gasteiger partial charge in [0, 0.05) is 5.56 Å². The number of esters is 1. The zero-order valence-electron chi connectivity index (χ0n) is 12.9. The summed E-state index contributed by atoms with van der Waals surface area (Å²) in [5.74, 6) is 1.77. The number of benzene rings is 1. The smallest absolute Gasteiger partial charge is 0.344 e. The van der Waals surface area contributed by atoms with Gasteiger partial charge in [-0.15, -0.1) is 0 Å². The first-order valence-electron chi connectivity index (χ1n) is 7.71. The fourth-order valence-corrected chi connectivity index (χ4v) is 2.86. The van der Waals surface area contributed by atoms with Crippen molar-refractivity contribution in [2.24, 2.45) is 0 Å². The minimum Gasteiger partial charge on any atom is -0.497 e. The first-order valence-corrected chi connectivity index (χ1v) is 7.71. The lowest BCUT2D eigenvalue weighted by atomic mass is 9.83. The molecule has 0 N–H and O–H groups in total. The van der Waals surface area contributed by atoms with Gasteiger partial charge in [0.05, 0.1) is 13.7 Å². The molecule has 1 aromatic rings. The maximum absolute atomic E-state index is 11.5. The standard InChI is InChI=1S/C17H24O4/c1-3-20-17(18)12-21-16-10-9-14(19-2)11-15(16)13-7-5-4-6-8-13/h9-11,13H,3-8,12H2,1-2H3. The predicted molar refractivity (Wildman–Crippen MR) is 80.9 cm³/mol. The van der Waals surface area contributed by atoms with Gasteiger partial charge >= 0.3 is 5.97 Å². The number of carbonyl (C=O) groups excluding carboxylic acids is 1. The van der Waals surface area contributed by atoms with Crippen molar-refractivity contribution < 1.29 is 19.0 Å². The highest BCUT2D eigenvalue weighted by molar-refractivity contribution is 5.71. The van der Waals surface area contributed by atoms with E-state index in [1.165, 1.54) is 32.1 Å². The van der Waals surface area contributed by atoms with Crippen molar-refractivity contribution in [1.82, 2.24) is 0 Å². The Kier molecular flexibility index (Phi) is 5.90. The van der Waals surface area contributed by atoms with Crippen molar-refractivity contribution in [1.29, 1.82) is 0 Å². The van der Waals surface area contributed by atoms with Crippen LogP contribution in [-0.2, 0) is 9.53 Å². The summed E-state index contributed by atoms with van der Waals surface area (Å²) in [5.41, 5.74) is 1.15. The molecule has 0 atom stereocenters. The number of hydrogen-bond acceptors (Lipinski definition) is 4. The fourth-order valence-electron chi connectivity index (χ4n) is 2.86. The molecule has 0 heterocycles. The molecule has 0 aliphatic heterocycles. The highest BCUT2D eigenvalue weighted by Crippen LogP contribution is 2.39. The maximum atomic E-state index is 11.5. The second-order valence-electron chi connectivity index (χ2n) is 5.33. The Labute approximate surface area is 126 Å². The molecule has 0 amide bonds. The quantitative estimate of drug-likeness (QED) is 0.750. The van der Waals surface area contributed by atoms with Crippen molar-refractivity contribution in [3.63, 3.8) is 0 Å². The lowest BCUT2D eigenvalue weighted by Crippen LogP contribution is -2.16. The van der Waals surface area contributed by atoms with Crippen LogP contribution < -0.4 is 9.47 Å². The first-order chi connectivity index (χ1) is 10.2. The molecule has 0 spiro atoms. The second-order valence-corrected chi connectivity index (χ2v) is 5.33. The van der Waals surface area contributed by atoms with Gasteiger partial charge in [-0.05, 0) is 43.9 Å². The third-order valence-corrected chi connectivity index (χ3v) is 3.91. The Morgan fingerprint density at radius 2 is 2.00 bits per heavy atom. The molecular formula is C17H24O4. The molecule has 0 saturated heterocycles. The summed E-state index contributed by atoms with van der Waals surface area (Å²) < 4.78 is 15.9. The fraction of sp³-hybridized carbons (Fsp3) is 0.588. The summed E-state index contributed by atoms with van der Waals surface area (Å²) in [6, 6.07) is 5.80. The maximum Gasteiger partial charge on any atom is 0.344 e. The van der Waals surface area contributed by atoms with Crippen LogP contribution in [0.2, 0.25) is 0 Å². The van der Waals surface area contributed by atoms with Gasteiger partial charge in [0.2, 0.25) is 0 Å². The van der Waals surface area contributed by atoms with Crippen LogP contribution in [0.15, 0.2) is 18.2 Å². The molecule has 116 valence electrons. The largest absolute Gasteiger partial charge is 0.497 e. The zero-order valence-corrected chi connectivity index (χ0v) is 12.9. The molecule has 1 fully saturated rings. The molecule has 1 saturated carbocycles. The average Bonchev–Trinajstić information content (AvgIpc) is 2.54. The van der Waals surface area contributed by atoms with E-state index in [1.807, 2.05) is 18.2 Å². The molecule has 0 radical (unpaired) electrons. The van der Waals surface area contributed by atoms with Crippen molar-refractivity contribution in [2.45, 2.75) is 44.9 Å². The van der Waals surface area contributed by atoms with E-state index >= 15 is 0 Å². The topological polar surface area (TPSA) is 44.8 Å². The first kappa shape index (κ1) is 15.7. The Balaban J connectivity index is 2.12. The monoisotopic (exact) mass is 292 g/mol.